The third-order valence-corrected chi connectivity index (χ3v) is 3.32. The number of hydrogen-bond acceptors (Lipinski definition) is 4. The lowest BCUT2D eigenvalue weighted by molar-refractivity contribution is 0.628. The second kappa shape index (κ2) is 5.88. The highest BCUT2D eigenvalue weighted by Crippen LogP contribution is 2.07. The Balaban J connectivity index is 1.92. The first-order chi connectivity index (χ1) is 10.3. The maximum atomic E-state index is 12.1. The van der Waals surface area contributed by atoms with E-state index in [0.717, 1.165) is 12.4 Å². The van der Waals surface area contributed by atoms with E-state index < -0.39 is 0 Å². The molecule has 0 bridgehead atoms. The third-order valence-electron chi connectivity index (χ3n) is 3.32. The topological polar surface area (TPSA) is 75.6 Å². The molecule has 2 heterocycles. The summed E-state index contributed by atoms with van der Waals surface area (Å²) in [7, 11) is 0. The number of rotatable bonds is 5. The number of fused-ring (bicyclic) bond motifs is 1. The third kappa shape index (κ3) is 2.85. The Kier molecular flexibility index (Phi) is 3.79. The van der Waals surface area contributed by atoms with Crippen molar-refractivity contribution in [2.75, 3.05) is 6.54 Å². The van der Waals surface area contributed by atoms with Crippen LogP contribution in [0.2, 0.25) is 0 Å². The first kappa shape index (κ1) is 13.5. The molecule has 0 atom stereocenters. The van der Waals surface area contributed by atoms with Gasteiger partial charge in [-0.05, 0) is 18.7 Å². The molecule has 2 aromatic heterocycles. The van der Waals surface area contributed by atoms with Gasteiger partial charge in [0.1, 0.15) is 11.6 Å². The van der Waals surface area contributed by atoms with Crippen molar-refractivity contribution in [3.8, 4) is 0 Å². The van der Waals surface area contributed by atoms with Gasteiger partial charge >= 0.3 is 0 Å². The number of aromatic nitrogens is 4. The largest absolute Gasteiger partial charge is 0.326 e. The van der Waals surface area contributed by atoms with Crippen LogP contribution in [0.15, 0.2) is 41.5 Å². The van der Waals surface area contributed by atoms with E-state index >= 15 is 0 Å². The second-order valence-corrected chi connectivity index (χ2v) is 4.78. The van der Waals surface area contributed by atoms with Crippen LogP contribution in [-0.2, 0) is 13.1 Å². The van der Waals surface area contributed by atoms with Gasteiger partial charge in [0.05, 0.1) is 24.0 Å². The highest BCUT2D eigenvalue weighted by Gasteiger charge is 2.07. The summed E-state index contributed by atoms with van der Waals surface area (Å²) < 4.78 is 1.98. The number of hydrogen-bond donors (Lipinski definition) is 2. The van der Waals surface area contributed by atoms with E-state index in [-0.39, 0.29) is 5.56 Å². The van der Waals surface area contributed by atoms with Crippen LogP contribution in [0.3, 0.4) is 0 Å². The van der Waals surface area contributed by atoms with Crippen molar-refractivity contribution >= 4 is 10.9 Å². The number of H-pyrrole nitrogens is 1. The predicted molar refractivity (Wildman–Crippen MR) is 81.1 cm³/mol. The lowest BCUT2D eigenvalue weighted by atomic mass is 10.2. The van der Waals surface area contributed by atoms with Crippen LogP contribution >= 0.6 is 0 Å². The van der Waals surface area contributed by atoms with Gasteiger partial charge in [-0.1, -0.05) is 19.1 Å². The van der Waals surface area contributed by atoms with E-state index in [4.69, 9.17) is 0 Å². The van der Waals surface area contributed by atoms with Gasteiger partial charge in [-0.25, -0.2) is 9.97 Å². The van der Waals surface area contributed by atoms with E-state index in [1.54, 1.807) is 12.3 Å². The normalized spacial score (nSPS) is 11.1. The monoisotopic (exact) mass is 283 g/mol. The van der Waals surface area contributed by atoms with Crippen molar-refractivity contribution in [2.45, 2.75) is 20.0 Å². The standard InChI is InChI=1S/C15H17N5O/c1-2-16-9-14-17-7-8-20(14)10-13-18-12-6-4-3-5-11(12)15(21)19-13/h3-8,16H,2,9-10H2,1H3,(H,18,19,21). The predicted octanol–water partition coefficient (Wildman–Crippen LogP) is 1.28. The molecule has 3 rings (SSSR count). The molecule has 0 aliphatic carbocycles. The average molecular weight is 283 g/mol. The smallest absolute Gasteiger partial charge is 0.258 e. The van der Waals surface area contributed by atoms with Crippen molar-refractivity contribution in [2.24, 2.45) is 0 Å². The van der Waals surface area contributed by atoms with E-state index in [1.807, 2.05) is 29.0 Å². The van der Waals surface area contributed by atoms with Crippen LogP contribution in [0.25, 0.3) is 10.9 Å². The number of imidazole rings is 1. The van der Waals surface area contributed by atoms with Gasteiger partial charge < -0.3 is 14.9 Å². The molecule has 0 saturated carbocycles. The molecular formula is C15H17N5O. The SMILES string of the molecule is CCNCc1nccn1Cc1nc2ccccc2c(=O)[nH]1. The Morgan fingerprint density at radius 2 is 2.19 bits per heavy atom. The zero-order valence-electron chi connectivity index (χ0n) is 11.8. The average Bonchev–Trinajstić information content (AvgIpc) is 2.92. The Morgan fingerprint density at radius 3 is 3.05 bits per heavy atom. The molecule has 6 nitrogen and oxygen atoms in total. The molecular weight excluding hydrogens is 266 g/mol. The lowest BCUT2D eigenvalue weighted by Crippen LogP contribution is -2.19. The number of benzene rings is 1. The molecule has 0 aliphatic rings. The molecule has 0 fully saturated rings. The Bertz CT molecular complexity index is 805. The Labute approximate surface area is 121 Å². The second-order valence-electron chi connectivity index (χ2n) is 4.78. The van der Waals surface area contributed by atoms with Crippen LogP contribution < -0.4 is 10.9 Å². The van der Waals surface area contributed by atoms with Crippen LogP contribution in [0.5, 0.6) is 0 Å². The number of aromatic amines is 1. The summed E-state index contributed by atoms with van der Waals surface area (Å²) in [6, 6.07) is 7.34. The molecule has 21 heavy (non-hydrogen) atoms. The summed E-state index contributed by atoms with van der Waals surface area (Å²) in [4.78, 5) is 23.7. The summed E-state index contributed by atoms with van der Waals surface area (Å²) >= 11 is 0. The summed E-state index contributed by atoms with van der Waals surface area (Å²) in [5.41, 5.74) is 0.605. The van der Waals surface area contributed by atoms with Gasteiger partial charge in [0.15, 0.2) is 0 Å². The molecule has 6 heteroatoms. The van der Waals surface area contributed by atoms with Crippen molar-refractivity contribution < 1.29 is 0 Å². The zero-order chi connectivity index (χ0) is 14.7. The van der Waals surface area contributed by atoms with Gasteiger partial charge in [0.2, 0.25) is 0 Å². The fourth-order valence-electron chi connectivity index (χ4n) is 2.26. The molecule has 0 radical (unpaired) electrons. The number of nitrogens with one attached hydrogen (secondary N) is 2. The molecule has 3 aromatic rings. The molecule has 0 unspecified atom stereocenters. The maximum absolute atomic E-state index is 12.1. The van der Waals surface area contributed by atoms with Crippen molar-refractivity contribution in [1.82, 2.24) is 24.8 Å². The van der Waals surface area contributed by atoms with Crippen molar-refractivity contribution in [3.05, 3.63) is 58.7 Å². The maximum Gasteiger partial charge on any atom is 0.258 e. The fraction of sp³-hybridized carbons (Fsp3) is 0.267. The molecule has 0 spiro atoms. The van der Waals surface area contributed by atoms with Gasteiger partial charge in [-0.3, -0.25) is 4.79 Å². The fourth-order valence-corrected chi connectivity index (χ4v) is 2.26. The van der Waals surface area contributed by atoms with Crippen molar-refractivity contribution in [3.63, 3.8) is 0 Å². The molecule has 1 aromatic carbocycles. The van der Waals surface area contributed by atoms with Gasteiger partial charge in [0.25, 0.3) is 5.56 Å². The van der Waals surface area contributed by atoms with E-state index in [0.29, 0.717) is 29.8 Å². The van der Waals surface area contributed by atoms with E-state index in [2.05, 4.69) is 27.2 Å². The minimum absolute atomic E-state index is 0.107. The molecule has 0 amide bonds. The van der Waals surface area contributed by atoms with E-state index in [1.165, 1.54) is 0 Å². The van der Waals surface area contributed by atoms with E-state index in [9.17, 15) is 4.79 Å². The highest BCUT2D eigenvalue weighted by atomic mass is 16.1. The quantitative estimate of drug-likeness (QED) is 0.739. The number of nitrogens with zero attached hydrogens (tertiary/aromatic N) is 3. The van der Waals surface area contributed by atoms with Crippen molar-refractivity contribution in [1.29, 1.82) is 0 Å². The molecule has 108 valence electrons. The van der Waals surface area contributed by atoms with Crippen LogP contribution in [0.1, 0.15) is 18.6 Å². The zero-order valence-corrected chi connectivity index (χ0v) is 11.8. The Morgan fingerprint density at radius 1 is 1.33 bits per heavy atom. The van der Waals surface area contributed by atoms with Crippen LogP contribution in [-0.4, -0.2) is 26.1 Å². The Hall–Kier alpha value is -2.47. The van der Waals surface area contributed by atoms with Crippen LogP contribution in [0, 0.1) is 0 Å². The van der Waals surface area contributed by atoms with Gasteiger partial charge in [0, 0.05) is 12.4 Å². The summed E-state index contributed by atoms with van der Waals surface area (Å²) in [5, 5.41) is 3.85. The van der Waals surface area contributed by atoms with Gasteiger partial charge in [-0.15, -0.1) is 0 Å². The van der Waals surface area contributed by atoms with Gasteiger partial charge in [-0.2, -0.15) is 0 Å². The lowest BCUT2D eigenvalue weighted by Gasteiger charge is -2.08. The molecule has 0 saturated heterocycles. The van der Waals surface area contributed by atoms with Crippen LogP contribution in [0.4, 0.5) is 0 Å². The minimum Gasteiger partial charge on any atom is -0.326 e. The summed E-state index contributed by atoms with van der Waals surface area (Å²) in [5.74, 6) is 1.56. The molecule has 2 N–H and O–H groups in total. The summed E-state index contributed by atoms with van der Waals surface area (Å²) in [6.07, 6.45) is 3.65. The molecule has 0 aliphatic heterocycles. The number of para-hydroxylation sites is 1. The first-order valence-electron chi connectivity index (χ1n) is 6.96. The minimum atomic E-state index is -0.107. The highest BCUT2D eigenvalue weighted by molar-refractivity contribution is 5.77. The summed E-state index contributed by atoms with van der Waals surface area (Å²) in [6.45, 7) is 4.13. The first-order valence-corrected chi connectivity index (χ1v) is 6.96.